The fourth-order valence-corrected chi connectivity index (χ4v) is 13.0. The molecule has 0 unspecified atom stereocenters. The van der Waals surface area contributed by atoms with Gasteiger partial charge in [-0.15, -0.1) is 0 Å². The second-order valence-electron chi connectivity index (χ2n) is 23.4. The molecule has 0 fully saturated rings. The first-order chi connectivity index (χ1) is 48.5. The van der Waals surface area contributed by atoms with Crippen molar-refractivity contribution in [3.05, 3.63) is 333 Å². The highest BCUT2D eigenvalue weighted by Crippen LogP contribution is 2.46. The lowest BCUT2D eigenvalue weighted by Gasteiger charge is -2.17. The molecule has 12 heteroatoms. The number of aromatic nitrogens is 6. The highest BCUT2D eigenvalue weighted by atomic mass is 35.5. The lowest BCUT2D eigenvalue weighted by Crippen LogP contribution is -2.01. The summed E-state index contributed by atoms with van der Waals surface area (Å²) < 4.78 is 17.6. The fraction of sp³-hybridized carbons (Fsp3) is 0. The molecule has 18 rings (SSSR count). The smallest absolute Gasteiger partial charge is 0.537 e. The average molecular weight is 1280 g/mol. The second-order valence-corrected chi connectivity index (χ2v) is 23.8. The Labute approximate surface area is 569 Å². The highest BCUT2D eigenvalue weighted by Gasteiger charge is 2.20. The summed E-state index contributed by atoms with van der Waals surface area (Å²) in [6.45, 7) is 0. The Balaban J connectivity index is 0.000000125. The van der Waals surface area contributed by atoms with Gasteiger partial charge in [0.2, 0.25) is 23.2 Å². The van der Waals surface area contributed by atoms with Crippen molar-refractivity contribution in [1.29, 1.82) is 0 Å². The Morgan fingerprint density at radius 3 is 0.980 bits per heavy atom. The van der Waals surface area contributed by atoms with Crippen molar-refractivity contribution >= 4 is 84.8 Å². The highest BCUT2D eigenvalue weighted by molar-refractivity contribution is 6.30. The number of oxazole rings is 2. The molecular weight excluding hydrogens is 1230 g/mol. The third-order valence-corrected chi connectivity index (χ3v) is 17.7. The maximum Gasteiger partial charge on any atom is 0.569 e. The van der Waals surface area contributed by atoms with Crippen LogP contribution in [0.15, 0.2) is 337 Å². The van der Waals surface area contributed by atoms with Crippen LogP contribution in [0.3, 0.4) is 0 Å². The van der Waals surface area contributed by atoms with Gasteiger partial charge in [0.25, 0.3) is 0 Å². The van der Waals surface area contributed by atoms with Gasteiger partial charge in [-0.1, -0.05) is 242 Å². The predicted molar refractivity (Wildman–Crippen MR) is 398 cm³/mol. The van der Waals surface area contributed by atoms with Crippen molar-refractivity contribution in [1.82, 2.24) is 29.9 Å². The minimum Gasteiger partial charge on any atom is -0.537 e. The minimum atomic E-state index is 0.513. The van der Waals surface area contributed by atoms with Gasteiger partial charge in [-0.3, -0.25) is 9.97 Å². The van der Waals surface area contributed by atoms with Gasteiger partial charge in [0.15, 0.2) is 0 Å². The number of fused-ring (bicyclic) bond motifs is 6. The number of halogens is 1. The Morgan fingerprint density at radius 1 is 0.286 bits per heavy atom. The molecule has 1 radical (unpaired) electrons. The van der Waals surface area contributed by atoms with Gasteiger partial charge in [-0.2, -0.15) is 0 Å². The van der Waals surface area contributed by atoms with Crippen molar-refractivity contribution in [2.24, 2.45) is 0 Å². The van der Waals surface area contributed by atoms with Gasteiger partial charge in [0.05, 0.1) is 11.4 Å². The van der Waals surface area contributed by atoms with Crippen molar-refractivity contribution in [3.63, 3.8) is 0 Å². The summed E-state index contributed by atoms with van der Waals surface area (Å²) in [6.07, 6.45) is 7.28. The summed E-state index contributed by atoms with van der Waals surface area (Å²) in [5.74, 6) is 1.76. The lowest BCUT2D eigenvalue weighted by atomic mass is 9.86. The number of hydrogen-bond donors (Lipinski definition) is 1. The van der Waals surface area contributed by atoms with Crippen LogP contribution in [0.1, 0.15) is 0 Å². The summed E-state index contributed by atoms with van der Waals surface area (Å²) in [4.78, 5) is 27.2. The number of hydrogen-bond acceptors (Lipinski definition) is 10. The van der Waals surface area contributed by atoms with Crippen LogP contribution in [0.2, 0.25) is 5.02 Å². The van der Waals surface area contributed by atoms with Crippen LogP contribution in [-0.2, 0) is 0 Å². The van der Waals surface area contributed by atoms with E-state index in [1.807, 2.05) is 146 Å². The first-order valence-electron chi connectivity index (χ1n) is 32.0. The standard InChI is InChI=1S/C43H27N3O.C23H14ClN3O.C20H14BO2/c1-2-9-30(10-3-1)40-34-12-4-6-14-36(34)41(37-15-7-5-13-35(37)40)31-20-22-32(23-21-31)42-46-39-25-24-38(45-43(39)47-42)29-18-16-28(17-19-29)33-11-8-26-44-27-33;24-19-9-7-17(8-10-19)22-27-21-12-11-20(26-23(21)28-22)16-5-3-15(4-6-16)18-2-1-13-25-14-18;22-21-23-20-17-12-6-4-10-15(17)19(14-8-2-1-3-9-14)16-11-5-7-13-18(16)20/h1-27H;1-14H;1-13,22H. The summed E-state index contributed by atoms with van der Waals surface area (Å²) in [6, 6.07) is 103. The van der Waals surface area contributed by atoms with Gasteiger partial charge in [-0.25, -0.2) is 19.9 Å². The third kappa shape index (κ3) is 12.1. The molecule has 0 aliphatic heterocycles. The monoisotopic (exact) mass is 1280 g/mol. The normalized spacial score (nSPS) is 11.2. The van der Waals surface area contributed by atoms with E-state index in [4.69, 9.17) is 35.1 Å². The Bertz CT molecular complexity index is 5750. The first kappa shape index (κ1) is 60.3. The third-order valence-electron chi connectivity index (χ3n) is 17.5. The topological polar surface area (TPSA) is 133 Å². The van der Waals surface area contributed by atoms with Crippen LogP contribution in [0.4, 0.5) is 0 Å². The summed E-state index contributed by atoms with van der Waals surface area (Å²) in [5.41, 5.74) is 19.6. The zero-order chi connectivity index (χ0) is 65.7. The molecule has 0 saturated heterocycles. The van der Waals surface area contributed by atoms with E-state index >= 15 is 0 Å². The molecule has 0 atom stereocenters. The zero-order valence-corrected chi connectivity index (χ0v) is 53.2. The molecule has 6 heterocycles. The SMILES string of the molecule is Clc1ccc(-c2nc3ccc(-c4ccc(-c5cccnc5)cc4)nc3o2)cc1.O[B]Oc1c2ccccc2c(-c2ccccc2)c2ccccc12.c1ccc(-c2c3ccccc3c(-c3ccc(-c4nc5ccc(-c6ccc(-c7cccnc7)cc6)nc5o4)cc3)c3ccccc23)cc1. The van der Waals surface area contributed by atoms with Gasteiger partial charge in [0.1, 0.15) is 16.8 Å². The molecule has 10 nitrogen and oxygen atoms in total. The van der Waals surface area contributed by atoms with Crippen LogP contribution < -0.4 is 4.65 Å². The fourth-order valence-electron chi connectivity index (χ4n) is 12.8. The molecule has 0 amide bonds. The Kier molecular flexibility index (Phi) is 16.6. The van der Waals surface area contributed by atoms with Crippen LogP contribution in [0, 0.1) is 0 Å². The number of nitrogens with zero attached hydrogens (tertiary/aromatic N) is 6. The molecule has 0 saturated carbocycles. The molecular formula is C86H55BClN6O4. The Morgan fingerprint density at radius 2 is 0.602 bits per heavy atom. The maximum absolute atomic E-state index is 9.18. The van der Waals surface area contributed by atoms with Crippen LogP contribution in [0.5, 0.6) is 5.75 Å². The van der Waals surface area contributed by atoms with E-state index in [1.165, 1.54) is 49.4 Å². The Hall–Kier alpha value is -12.7. The van der Waals surface area contributed by atoms with E-state index in [1.54, 1.807) is 12.4 Å². The van der Waals surface area contributed by atoms with E-state index < -0.39 is 0 Å². The van der Waals surface area contributed by atoms with Crippen molar-refractivity contribution in [2.75, 3.05) is 0 Å². The van der Waals surface area contributed by atoms with Crippen LogP contribution in [0.25, 0.3) is 167 Å². The van der Waals surface area contributed by atoms with E-state index in [2.05, 4.69) is 190 Å². The minimum absolute atomic E-state index is 0.513. The number of rotatable bonds is 11. The van der Waals surface area contributed by atoms with Gasteiger partial charge in [-0.05, 0) is 161 Å². The molecule has 0 bridgehead atoms. The lowest BCUT2D eigenvalue weighted by molar-refractivity contribution is 0.459. The molecule has 18 aromatic rings. The number of pyridine rings is 4. The van der Waals surface area contributed by atoms with E-state index in [0.717, 1.165) is 102 Å². The van der Waals surface area contributed by atoms with E-state index in [-0.39, 0.29) is 0 Å². The van der Waals surface area contributed by atoms with Gasteiger partial charge in [0, 0.05) is 62.8 Å². The van der Waals surface area contributed by atoms with E-state index in [9.17, 15) is 5.02 Å². The van der Waals surface area contributed by atoms with Crippen molar-refractivity contribution < 1.29 is 18.5 Å². The van der Waals surface area contributed by atoms with Crippen LogP contribution >= 0.6 is 11.6 Å². The molecule has 12 aromatic carbocycles. The summed E-state index contributed by atoms with van der Waals surface area (Å²) in [5, 5.41) is 19.0. The summed E-state index contributed by atoms with van der Waals surface area (Å²) in [7, 11) is 0.746. The largest absolute Gasteiger partial charge is 0.569 e. The molecule has 463 valence electrons. The molecule has 0 aliphatic rings. The molecule has 1 N–H and O–H groups in total. The first-order valence-corrected chi connectivity index (χ1v) is 32.4. The molecule has 98 heavy (non-hydrogen) atoms. The number of benzene rings is 12. The maximum atomic E-state index is 9.18. The zero-order valence-electron chi connectivity index (χ0n) is 52.5. The molecule has 0 spiro atoms. The summed E-state index contributed by atoms with van der Waals surface area (Å²) >= 11 is 5.95. The van der Waals surface area contributed by atoms with Gasteiger partial charge < -0.3 is 18.5 Å². The van der Waals surface area contributed by atoms with Gasteiger partial charge >= 0.3 is 7.69 Å². The molecule has 6 aromatic heterocycles. The quantitative estimate of drug-likeness (QED) is 0.0986. The van der Waals surface area contributed by atoms with Crippen molar-refractivity contribution in [2.45, 2.75) is 0 Å². The molecule has 0 aliphatic carbocycles. The van der Waals surface area contributed by atoms with Crippen LogP contribution in [-0.4, -0.2) is 42.6 Å². The predicted octanol–water partition coefficient (Wildman–Crippen LogP) is 22.1. The average Bonchev–Trinajstić information content (AvgIpc) is 0.756. The second kappa shape index (κ2) is 27.0. The van der Waals surface area contributed by atoms with E-state index in [0.29, 0.717) is 34.0 Å². The van der Waals surface area contributed by atoms with Crippen molar-refractivity contribution in [3.8, 4) is 107 Å².